The van der Waals surface area contributed by atoms with Gasteiger partial charge in [0.15, 0.2) is 5.69 Å². The number of aromatic nitrogens is 2. The first-order chi connectivity index (χ1) is 10.2. The Hall–Kier alpha value is -1.96. The number of hydrogen-bond donors (Lipinski definition) is 1. The number of rotatable bonds is 6. The zero-order valence-electron chi connectivity index (χ0n) is 12.0. The number of thioether (sulfide) groups is 1. The molecule has 22 heavy (non-hydrogen) atoms. The summed E-state index contributed by atoms with van der Waals surface area (Å²) in [5.41, 5.74) is -0.662. The lowest BCUT2D eigenvalue weighted by molar-refractivity contribution is -0.141. The largest absolute Gasteiger partial charge is 0.478 e. The van der Waals surface area contributed by atoms with Gasteiger partial charge in [-0.15, -0.1) is 11.8 Å². The predicted molar refractivity (Wildman–Crippen MR) is 80.2 cm³/mol. The summed E-state index contributed by atoms with van der Waals surface area (Å²) in [5, 5.41) is 12.5. The zero-order chi connectivity index (χ0) is 16.9. The van der Waals surface area contributed by atoms with Crippen LogP contribution < -0.4 is 0 Å². The van der Waals surface area contributed by atoms with Crippen LogP contribution in [0.25, 0.3) is 5.70 Å². The van der Waals surface area contributed by atoms with Gasteiger partial charge in [0.05, 0.1) is 5.70 Å². The molecule has 0 saturated heterocycles. The maximum atomic E-state index is 12.6. The maximum Gasteiger partial charge on any atom is 0.435 e. The van der Waals surface area contributed by atoms with Crippen molar-refractivity contribution in [3.05, 3.63) is 47.2 Å². The van der Waals surface area contributed by atoms with E-state index in [1.807, 2.05) is 6.92 Å². The fourth-order valence-corrected chi connectivity index (χ4v) is 2.31. The van der Waals surface area contributed by atoms with E-state index in [1.54, 1.807) is 0 Å². The normalized spacial score (nSPS) is 13.8. The Morgan fingerprint density at radius 1 is 1.55 bits per heavy atom. The zero-order valence-corrected chi connectivity index (χ0v) is 12.8. The molecule has 0 amide bonds. The van der Waals surface area contributed by atoms with Crippen molar-refractivity contribution in [2.45, 2.75) is 20.0 Å². The van der Waals surface area contributed by atoms with E-state index in [1.165, 1.54) is 30.8 Å². The Balaban J connectivity index is 3.29. The molecule has 8 heteroatoms. The summed E-state index contributed by atoms with van der Waals surface area (Å²) in [6.45, 7) is 6.81. The third kappa shape index (κ3) is 4.52. The second-order valence-electron chi connectivity index (χ2n) is 4.14. The second-order valence-corrected chi connectivity index (χ2v) is 5.45. The summed E-state index contributed by atoms with van der Waals surface area (Å²) in [6, 6.07) is 0.845. The van der Waals surface area contributed by atoms with Crippen LogP contribution in [0.3, 0.4) is 0 Å². The molecule has 1 aromatic heterocycles. The summed E-state index contributed by atoms with van der Waals surface area (Å²) in [7, 11) is 0. The van der Waals surface area contributed by atoms with Gasteiger partial charge >= 0.3 is 12.1 Å². The van der Waals surface area contributed by atoms with E-state index in [4.69, 9.17) is 5.11 Å². The third-order valence-electron chi connectivity index (χ3n) is 2.62. The van der Waals surface area contributed by atoms with Crippen molar-refractivity contribution in [1.82, 2.24) is 9.78 Å². The average molecular weight is 332 g/mol. The molecule has 0 bridgehead atoms. The molecule has 0 aromatic carbocycles. The van der Waals surface area contributed by atoms with Gasteiger partial charge in [0.2, 0.25) is 0 Å². The van der Waals surface area contributed by atoms with Crippen molar-refractivity contribution in [2.75, 3.05) is 5.75 Å². The lowest BCUT2D eigenvalue weighted by atomic mass is 10.2. The monoisotopic (exact) mass is 332 g/mol. The van der Waals surface area contributed by atoms with Crippen LogP contribution in [0.5, 0.6) is 0 Å². The first-order valence-electron chi connectivity index (χ1n) is 6.25. The van der Waals surface area contributed by atoms with E-state index < -0.39 is 17.8 Å². The van der Waals surface area contributed by atoms with Gasteiger partial charge in [0, 0.05) is 16.7 Å². The van der Waals surface area contributed by atoms with E-state index in [9.17, 15) is 18.0 Å². The molecule has 0 fully saturated rings. The lowest BCUT2D eigenvalue weighted by Crippen LogP contribution is -2.07. The fourth-order valence-electron chi connectivity index (χ4n) is 1.49. The van der Waals surface area contributed by atoms with E-state index in [2.05, 4.69) is 11.7 Å². The van der Waals surface area contributed by atoms with Crippen LogP contribution in [0, 0.1) is 0 Å². The molecule has 1 rings (SSSR count). The summed E-state index contributed by atoms with van der Waals surface area (Å²) in [5.74, 6) is -0.472. The number of alkyl halides is 3. The van der Waals surface area contributed by atoms with Crippen molar-refractivity contribution in [1.29, 1.82) is 0 Å². The highest BCUT2D eigenvalue weighted by Gasteiger charge is 2.33. The minimum atomic E-state index is -4.54. The van der Waals surface area contributed by atoms with E-state index in [-0.39, 0.29) is 11.3 Å². The molecule has 0 unspecified atom stereocenters. The molecule has 1 aromatic rings. The Kier molecular flexibility index (Phi) is 6.04. The molecule has 0 radical (unpaired) electrons. The summed E-state index contributed by atoms with van der Waals surface area (Å²) in [4.78, 5) is 11.5. The van der Waals surface area contributed by atoms with Gasteiger partial charge in [-0.1, -0.05) is 13.5 Å². The van der Waals surface area contributed by atoms with Crippen molar-refractivity contribution in [2.24, 2.45) is 0 Å². The highest BCUT2D eigenvalue weighted by Crippen LogP contribution is 2.29. The topological polar surface area (TPSA) is 55.1 Å². The number of hydrogen-bond acceptors (Lipinski definition) is 3. The number of carbonyl (C=O) groups is 1. The number of halogens is 3. The summed E-state index contributed by atoms with van der Waals surface area (Å²) in [6.07, 6.45) is -0.609. The Morgan fingerprint density at radius 2 is 2.18 bits per heavy atom. The molecular weight excluding hydrogens is 317 g/mol. The molecule has 0 spiro atoms. The highest BCUT2D eigenvalue weighted by molar-refractivity contribution is 8.03. The Labute approximate surface area is 130 Å². The summed E-state index contributed by atoms with van der Waals surface area (Å²) >= 11 is 1.27. The smallest absolute Gasteiger partial charge is 0.435 e. The Bertz CT molecular complexity index is 630. The number of aliphatic carboxylic acids is 1. The molecule has 0 aliphatic carbocycles. The molecule has 4 nitrogen and oxygen atoms in total. The molecule has 0 saturated carbocycles. The molecule has 0 aliphatic heterocycles. The predicted octanol–water partition coefficient (Wildman–Crippen LogP) is 4.04. The van der Waals surface area contributed by atoms with Crippen LogP contribution in [0.2, 0.25) is 0 Å². The number of allylic oxidation sites excluding steroid dienone is 3. The quantitative estimate of drug-likeness (QED) is 0.631. The van der Waals surface area contributed by atoms with Crippen LogP contribution in [0.15, 0.2) is 41.5 Å². The van der Waals surface area contributed by atoms with E-state index in [0.717, 1.165) is 16.9 Å². The van der Waals surface area contributed by atoms with Crippen LogP contribution in [0.4, 0.5) is 13.2 Å². The van der Waals surface area contributed by atoms with Crippen molar-refractivity contribution in [3.8, 4) is 0 Å². The highest BCUT2D eigenvalue weighted by atomic mass is 32.2. The molecule has 120 valence electrons. The fraction of sp³-hybridized carbons (Fsp3) is 0.286. The minimum absolute atomic E-state index is 0.106. The van der Waals surface area contributed by atoms with Crippen LogP contribution in [-0.2, 0) is 11.0 Å². The maximum absolute atomic E-state index is 12.6. The van der Waals surface area contributed by atoms with Crippen molar-refractivity contribution in [3.63, 3.8) is 0 Å². The van der Waals surface area contributed by atoms with Gasteiger partial charge < -0.3 is 5.11 Å². The lowest BCUT2D eigenvalue weighted by Gasteiger charge is -2.07. The van der Waals surface area contributed by atoms with Gasteiger partial charge in [0.25, 0.3) is 0 Å². The van der Waals surface area contributed by atoms with Crippen LogP contribution in [-0.4, -0.2) is 26.6 Å². The molecule has 1 heterocycles. The van der Waals surface area contributed by atoms with E-state index in [0.29, 0.717) is 10.7 Å². The van der Waals surface area contributed by atoms with Crippen LogP contribution in [0.1, 0.15) is 19.5 Å². The van der Waals surface area contributed by atoms with Crippen molar-refractivity contribution >= 4 is 23.4 Å². The molecule has 0 aliphatic rings. The third-order valence-corrected chi connectivity index (χ3v) is 3.65. The summed E-state index contributed by atoms with van der Waals surface area (Å²) < 4.78 is 38.7. The van der Waals surface area contributed by atoms with Crippen molar-refractivity contribution < 1.29 is 23.1 Å². The van der Waals surface area contributed by atoms with Gasteiger partial charge in [-0.25, -0.2) is 9.48 Å². The molecule has 0 atom stereocenters. The average Bonchev–Trinajstić information content (AvgIpc) is 2.92. The first-order valence-corrected chi connectivity index (χ1v) is 7.23. The number of nitrogens with zero attached hydrogens (tertiary/aromatic N) is 2. The minimum Gasteiger partial charge on any atom is -0.478 e. The second kappa shape index (κ2) is 7.35. The standard InChI is InChI=1S/C14H15F3N2O2S/c1-4-10(8-11(22-5-2)9(3)13(20)21)19-7-6-12(18-19)14(15,16)17/h4,6-8H,1,5H2,2-3H3,(H,20,21)/b10-8+,11-9-. The van der Waals surface area contributed by atoms with Gasteiger partial charge in [-0.3, -0.25) is 0 Å². The number of carboxylic acids is 1. The van der Waals surface area contributed by atoms with Crippen LogP contribution >= 0.6 is 11.8 Å². The number of carboxylic acid groups (broad SMARTS) is 1. The Morgan fingerprint density at radius 3 is 2.59 bits per heavy atom. The molecule has 1 N–H and O–H groups in total. The first kappa shape index (κ1) is 18.1. The van der Waals surface area contributed by atoms with Gasteiger partial charge in [0.1, 0.15) is 0 Å². The molecular formula is C14H15F3N2O2S. The SMILES string of the molecule is C=C/C(=C\C(SCC)=C(/C)C(=O)O)n1ccc(C(F)(F)F)n1. The van der Waals surface area contributed by atoms with E-state index >= 15 is 0 Å². The van der Waals surface area contributed by atoms with Gasteiger partial charge in [-0.05, 0) is 30.9 Å². The van der Waals surface area contributed by atoms with Gasteiger partial charge in [-0.2, -0.15) is 18.3 Å².